The van der Waals surface area contributed by atoms with Gasteiger partial charge in [-0.25, -0.2) is 0 Å². The van der Waals surface area contributed by atoms with Crippen molar-refractivity contribution < 1.29 is 9.22 Å². The van der Waals surface area contributed by atoms with Crippen molar-refractivity contribution in [3.63, 3.8) is 0 Å². The summed E-state index contributed by atoms with van der Waals surface area (Å²) in [6.45, 7) is 5.81. The Bertz CT molecular complexity index is 277. The topological polar surface area (TPSA) is 20.2 Å². The Kier molecular flexibility index (Phi) is 0.804. The molecule has 2 rings (SSSR count). The maximum atomic E-state index is 10.1. The maximum absolute atomic E-state index is 10.1. The molecule has 1 unspecified atom stereocenters. The third-order valence-corrected chi connectivity index (χ3v) is 4.06. The van der Waals surface area contributed by atoms with Gasteiger partial charge < -0.3 is 5.11 Å². The molecule has 0 amide bonds. The number of hydrogen-bond acceptors (Lipinski definition) is 1. The lowest BCUT2D eigenvalue weighted by atomic mass is 9.70. The Labute approximate surface area is 73.0 Å². The number of rotatable bonds is 0. The van der Waals surface area contributed by atoms with E-state index in [9.17, 15) is 5.11 Å². The molecule has 0 aromatic rings. The van der Waals surface area contributed by atoms with Gasteiger partial charge in [0.1, 0.15) is 0 Å². The molecule has 0 spiro atoms. The lowest BCUT2D eigenvalue weighted by molar-refractivity contribution is 0.0126. The quantitative estimate of drug-likeness (QED) is 0.571. The predicted molar refractivity (Wildman–Crippen MR) is 45.2 cm³/mol. The van der Waals surface area contributed by atoms with Crippen molar-refractivity contribution in [3.05, 3.63) is 0 Å². The summed E-state index contributed by atoms with van der Waals surface area (Å²) in [4.78, 5) is 0. The van der Waals surface area contributed by atoms with Crippen LogP contribution in [0, 0.1) is 16.7 Å². The molecule has 2 fully saturated rings. The van der Waals surface area contributed by atoms with Crippen LogP contribution in [0.3, 0.4) is 0 Å². The highest BCUT2D eigenvalue weighted by Gasteiger charge is 2.60. The van der Waals surface area contributed by atoms with Gasteiger partial charge in [0, 0.05) is 2.74 Å². The molecule has 0 aromatic carbocycles. The molecule has 0 saturated heterocycles. The van der Waals surface area contributed by atoms with E-state index in [1.807, 2.05) is 20.8 Å². The first kappa shape index (κ1) is 4.86. The minimum atomic E-state index is -1.94. The maximum Gasteiger partial charge on any atom is 0.0606 e. The van der Waals surface area contributed by atoms with Gasteiger partial charge in [-0.3, -0.25) is 0 Å². The van der Waals surface area contributed by atoms with Crippen LogP contribution in [0.1, 0.15) is 44.1 Å². The average molecular weight is 157 g/mol. The fourth-order valence-electron chi connectivity index (χ4n) is 2.50. The minimum absolute atomic E-state index is 0.192. The zero-order valence-corrected chi connectivity index (χ0v) is 7.44. The van der Waals surface area contributed by atoms with E-state index < -0.39 is 17.9 Å². The Hall–Kier alpha value is -0.0400. The molecular formula is C10H18O. The summed E-state index contributed by atoms with van der Waals surface area (Å²) in [6, 6.07) is 0. The normalized spacial score (nSPS) is 68.7. The van der Waals surface area contributed by atoms with Gasteiger partial charge in [-0.2, -0.15) is 0 Å². The molecule has 2 saturated carbocycles. The molecule has 0 heterocycles. The monoisotopic (exact) mass is 157 g/mol. The van der Waals surface area contributed by atoms with E-state index in [-0.39, 0.29) is 11.3 Å². The van der Waals surface area contributed by atoms with E-state index in [2.05, 4.69) is 0 Å². The molecule has 1 N–H and O–H groups in total. The minimum Gasteiger partial charge on any atom is -0.393 e. The second kappa shape index (κ2) is 1.82. The summed E-state index contributed by atoms with van der Waals surface area (Å²) >= 11 is 0. The lowest BCUT2D eigenvalue weighted by Crippen LogP contribution is -2.35. The Morgan fingerprint density at radius 1 is 1.55 bits per heavy atom. The SMILES string of the molecule is [2H]C1([2H])C2CC[C@](C)(C2(C)C)[C@@]1([2H])O. The molecule has 0 aromatic heterocycles. The average Bonchev–Trinajstić information content (AvgIpc) is 2.26. The van der Waals surface area contributed by atoms with Crippen LogP contribution >= 0.6 is 0 Å². The second-order valence-corrected chi connectivity index (χ2v) is 4.64. The fraction of sp³-hybridized carbons (Fsp3) is 1.00. The van der Waals surface area contributed by atoms with Crippen molar-refractivity contribution >= 4 is 0 Å². The van der Waals surface area contributed by atoms with Crippen LogP contribution in [0.2, 0.25) is 0 Å². The molecule has 64 valence electrons. The zero-order chi connectivity index (χ0) is 11.0. The number of fused-ring (bicyclic) bond motifs is 2. The molecular weight excluding hydrogens is 136 g/mol. The zero-order valence-electron chi connectivity index (χ0n) is 10.4. The molecule has 3 atom stereocenters. The Morgan fingerprint density at radius 2 is 2.18 bits per heavy atom. The van der Waals surface area contributed by atoms with Crippen molar-refractivity contribution in [1.29, 1.82) is 0 Å². The van der Waals surface area contributed by atoms with Crippen LogP contribution < -0.4 is 0 Å². The standard InChI is InChI=1S/C10H18O/c1-9(2)7-4-5-10(9,3)8(11)6-7/h7-8,11H,4-6H2,1-3H3/t7?,8-,10-/m0/s1/i6D2,8D. The lowest BCUT2D eigenvalue weighted by Gasteiger charge is -2.36. The second-order valence-electron chi connectivity index (χ2n) is 4.64. The molecule has 11 heavy (non-hydrogen) atoms. The molecule has 2 aliphatic rings. The first-order valence-corrected chi connectivity index (χ1v) is 4.31. The van der Waals surface area contributed by atoms with Crippen molar-refractivity contribution in [2.24, 2.45) is 16.7 Å². The van der Waals surface area contributed by atoms with Crippen LogP contribution in [0.25, 0.3) is 0 Å². The first-order valence-electron chi connectivity index (χ1n) is 5.81. The Morgan fingerprint density at radius 3 is 2.45 bits per heavy atom. The highest BCUT2D eigenvalue weighted by atomic mass is 16.3. The van der Waals surface area contributed by atoms with Crippen LogP contribution in [0.4, 0.5) is 0 Å². The van der Waals surface area contributed by atoms with Gasteiger partial charge in [-0.1, -0.05) is 20.8 Å². The van der Waals surface area contributed by atoms with E-state index in [1.54, 1.807) is 0 Å². The third kappa shape index (κ3) is 0.658. The summed E-state index contributed by atoms with van der Waals surface area (Å²) in [5, 5.41) is 10.1. The van der Waals surface area contributed by atoms with Gasteiger partial charge >= 0.3 is 0 Å². The summed E-state index contributed by atoms with van der Waals surface area (Å²) < 4.78 is 23.7. The van der Waals surface area contributed by atoms with E-state index >= 15 is 0 Å². The molecule has 1 nitrogen and oxygen atoms in total. The van der Waals surface area contributed by atoms with Crippen LogP contribution in [-0.2, 0) is 0 Å². The summed E-state index contributed by atoms with van der Waals surface area (Å²) in [6.07, 6.45) is -2.17. The van der Waals surface area contributed by atoms with Crippen LogP contribution in [0.5, 0.6) is 0 Å². The molecule has 2 aliphatic carbocycles. The van der Waals surface area contributed by atoms with Crippen LogP contribution in [-0.4, -0.2) is 11.2 Å². The van der Waals surface area contributed by atoms with Gasteiger partial charge in [0.15, 0.2) is 0 Å². The van der Waals surface area contributed by atoms with Crippen molar-refractivity contribution in [2.75, 3.05) is 0 Å². The van der Waals surface area contributed by atoms with Crippen molar-refractivity contribution in [3.8, 4) is 0 Å². The first-order chi connectivity index (χ1) is 6.09. The van der Waals surface area contributed by atoms with Gasteiger partial charge in [-0.15, -0.1) is 0 Å². The van der Waals surface area contributed by atoms with E-state index in [0.717, 1.165) is 12.8 Å². The molecule has 0 radical (unpaired) electrons. The third-order valence-electron chi connectivity index (χ3n) is 4.06. The summed E-state index contributed by atoms with van der Waals surface area (Å²) in [5.41, 5.74) is -0.902. The Balaban J connectivity index is 2.62. The summed E-state index contributed by atoms with van der Waals surface area (Å²) in [5.74, 6) is -0.192. The van der Waals surface area contributed by atoms with E-state index in [0.29, 0.717) is 0 Å². The predicted octanol–water partition coefficient (Wildman–Crippen LogP) is 2.19. The highest BCUT2D eigenvalue weighted by Crippen LogP contribution is 2.65. The van der Waals surface area contributed by atoms with E-state index in [4.69, 9.17) is 4.11 Å². The number of hydrogen-bond donors (Lipinski definition) is 1. The van der Waals surface area contributed by atoms with Crippen molar-refractivity contribution in [2.45, 2.75) is 46.1 Å². The van der Waals surface area contributed by atoms with Crippen LogP contribution in [0.15, 0.2) is 0 Å². The summed E-state index contributed by atoms with van der Waals surface area (Å²) in [7, 11) is 0. The highest BCUT2D eigenvalue weighted by molar-refractivity contribution is 5.10. The van der Waals surface area contributed by atoms with Crippen molar-refractivity contribution in [1.82, 2.24) is 0 Å². The molecule has 0 aliphatic heterocycles. The largest absolute Gasteiger partial charge is 0.393 e. The molecule has 2 bridgehead atoms. The van der Waals surface area contributed by atoms with Gasteiger partial charge in [0.05, 0.1) is 7.45 Å². The smallest absolute Gasteiger partial charge is 0.0606 e. The number of aliphatic hydroxyl groups is 1. The van der Waals surface area contributed by atoms with Gasteiger partial charge in [0.2, 0.25) is 0 Å². The van der Waals surface area contributed by atoms with Gasteiger partial charge in [-0.05, 0) is 36.0 Å². The fourth-order valence-corrected chi connectivity index (χ4v) is 2.50. The molecule has 1 heteroatoms. The van der Waals surface area contributed by atoms with E-state index in [1.165, 1.54) is 0 Å². The van der Waals surface area contributed by atoms with Gasteiger partial charge in [0.25, 0.3) is 0 Å².